The van der Waals surface area contributed by atoms with Gasteiger partial charge in [0.15, 0.2) is 17.5 Å². The highest BCUT2D eigenvalue weighted by molar-refractivity contribution is 14.0. The third-order valence-electron chi connectivity index (χ3n) is 3.90. The Hall–Kier alpha value is -1.58. The molecule has 6 nitrogen and oxygen atoms in total. The summed E-state index contributed by atoms with van der Waals surface area (Å²) in [5.41, 5.74) is 0.188. The first kappa shape index (κ1) is 24.4. The third-order valence-corrected chi connectivity index (χ3v) is 3.90. The molecule has 3 N–H and O–H groups in total. The number of aliphatic imine (C=N–C) groups is 1. The lowest BCUT2D eigenvalue weighted by molar-refractivity contribution is -0.128. The van der Waals surface area contributed by atoms with Crippen molar-refractivity contribution >= 4 is 35.8 Å². The van der Waals surface area contributed by atoms with Gasteiger partial charge in [-0.1, -0.05) is 6.07 Å². The monoisotopic (exact) mass is 480 g/mol. The summed E-state index contributed by atoms with van der Waals surface area (Å²) in [5, 5.41) is 9.16. The third kappa shape index (κ3) is 6.97. The van der Waals surface area contributed by atoms with Crippen LogP contribution < -0.4 is 20.7 Å². The van der Waals surface area contributed by atoms with Gasteiger partial charge in [0.05, 0.1) is 18.6 Å². The van der Waals surface area contributed by atoms with E-state index in [1.165, 1.54) is 13.2 Å². The van der Waals surface area contributed by atoms with E-state index in [9.17, 15) is 9.18 Å². The Kier molecular flexibility index (Phi) is 10.5. The number of carbonyl (C=O) groups excluding carboxylic acids is 1. The van der Waals surface area contributed by atoms with E-state index < -0.39 is 11.2 Å². The van der Waals surface area contributed by atoms with E-state index in [0.29, 0.717) is 19.0 Å². The Labute approximate surface area is 172 Å². The molecule has 0 bridgehead atoms. The second-order valence-corrected chi connectivity index (χ2v) is 6.43. The second-order valence-electron chi connectivity index (χ2n) is 6.43. The van der Waals surface area contributed by atoms with Crippen molar-refractivity contribution in [2.24, 2.45) is 10.4 Å². The molecular formula is C18H30FIN4O2. The molecule has 0 fully saturated rings. The van der Waals surface area contributed by atoms with Crippen LogP contribution in [0.1, 0.15) is 39.3 Å². The molecule has 1 atom stereocenters. The molecule has 0 radical (unpaired) electrons. The number of rotatable bonds is 7. The molecule has 0 aliphatic rings. The average Bonchev–Trinajstić information content (AvgIpc) is 2.58. The van der Waals surface area contributed by atoms with Crippen LogP contribution in [-0.4, -0.2) is 39.1 Å². The number of hydrogen-bond donors (Lipinski definition) is 3. The molecule has 0 saturated heterocycles. The standard InChI is InChI=1S/C18H29FN4O2.HI/c1-7-21-16(24)18(3,4)11-22-17(20-5)23-12(2)13-8-9-15(25-6)14(19)10-13;/h8-10,12H,7,11H2,1-6H3,(H,21,24)(H2,20,22,23);1H. The van der Waals surface area contributed by atoms with Crippen LogP contribution in [0.5, 0.6) is 5.75 Å². The van der Waals surface area contributed by atoms with Gasteiger partial charge in [-0.15, -0.1) is 24.0 Å². The maximum absolute atomic E-state index is 13.9. The number of guanidine groups is 1. The Bertz CT molecular complexity index is 623. The number of halogens is 2. The quantitative estimate of drug-likeness (QED) is 0.319. The van der Waals surface area contributed by atoms with E-state index in [1.54, 1.807) is 19.2 Å². The number of nitrogens with zero attached hydrogens (tertiary/aromatic N) is 1. The van der Waals surface area contributed by atoms with Gasteiger partial charge in [0.1, 0.15) is 0 Å². The molecule has 8 heteroatoms. The van der Waals surface area contributed by atoms with Crippen LogP contribution in [0.2, 0.25) is 0 Å². The van der Waals surface area contributed by atoms with Crippen LogP contribution in [0, 0.1) is 11.2 Å². The molecule has 1 aromatic carbocycles. The molecule has 26 heavy (non-hydrogen) atoms. The molecule has 1 aromatic rings. The zero-order valence-electron chi connectivity index (χ0n) is 16.3. The van der Waals surface area contributed by atoms with Crippen molar-refractivity contribution in [1.29, 1.82) is 0 Å². The van der Waals surface area contributed by atoms with Crippen LogP contribution in [-0.2, 0) is 4.79 Å². The maximum atomic E-state index is 13.9. The Balaban J connectivity index is 0.00000625. The molecular weight excluding hydrogens is 450 g/mol. The summed E-state index contributed by atoms with van der Waals surface area (Å²) < 4.78 is 18.8. The molecule has 0 aromatic heterocycles. The van der Waals surface area contributed by atoms with E-state index in [1.807, 2.05) is 27.7 Å². The van der Waals surface area contributed by atoms with E-state index in [2.05, 4.69) is 20.9 Å². The van der Waals surface area contributed by atoms with Crippen LogP contribution in [0.4, 0.5) is 4.39 Å². The van der Waals surface area contributed by atoms with Gasteiger partial charge in [-0.2, -0.15) is 0 Å². The van der Waals surface area contributed by atoms with Gasteiger partial charge in [0.2, 0.25) is 5.91 Å². The summed E-state index contributed by atoms with van der Waals surface area (Å²) in [5.74, 6) is 0.320. The summed E-state index contributed by atoms with van der Waals surface area (Å²) in [6, 6.07) is 4.66. The van der Waals surface area contributed by atoms with Crippen molar-refractivity contribution in [2.75, 3.05) is 27.2 Å². The summed E-state index contributed by atoms with van der Waals surface area (Å²) in [4.78, 5) is 16.2. The van der Waals surface area contributed by atoms with Gasteiger partial charge in [-0.25, -0.2) is 4.39 Å². The first-order valence-corrected chi connectivity index (χ1v) is 8.34. The van der Waals surface area contributed by atoms with Crippen molar-refractivity contribution in [1.82, 2.24) is 16.0 Å². The van der Waals surface area contributed by atoms with E-state index in [0.717, 1.165) is 5.56 Å². The Morgan fingerprint density at radius 1 is 1.35 bits per heavy atom. The Morgan fingerprint density at radius 3 is 2.50 bits per heavy atom. The lowest BCUT2D eigenvalue weighted by Gasteiger charge is -2.26. The van der Waals surface area contributed by atoms with Crippen LogP contribution in [0.15, 0.2) is 23.2 Å². The molecule has 0 heterocycles. The van der Waals surface area contributed by atoms with E-state index in [-0.39, 0.29) is 41.7 Å². The smallest absolute Gasteiger partial charge is 0.227 e. The first-order valence-electron chi connectivity index (χ1n) is 8.34. The fraction of sp³-hybridized carbons (Fsp3) is 0.556. The van der Waals surface area contributed by atoms with Crippen molar-refractivity contribution in [3.8, 4) is 5.75 Å². The molecule has 1 rings (SSSR count). The second kappa shape index (κ2) is 11.2. The highest BCUT2D eigenvalue weighted by Gasteiger charge is 2.27. The van der Waals surface area contributed by atoms with E-state index in [4.69, 9.17) is 4.74 Å². The first-order chi connectivity index (χ1) is 11.7. The van der Waals surface area contributed by atoms with Crippen molar-refractivity contribution in [3.05, 3.63) is 29.6 Å². The molecule has 1 unspecified atom stereocenters. The summed E-state index contributed by atoms with van der Waals surface area (Å²) in [6.45, 7) is 8.53. The number of methoxy groups -OCH3 is 1. The molecule has 0 saturated carbocycles. The molecule has 0 aliphatic heterocycles. The number of nitrogens with one attached hydrogen (secondary N) is 3. The lowest BCUT2D eigenvalue weighted by Crippen LogP contribution is -2.48. The number of ether oxygens (including phenoxy) is 1. The van der Waals surface area contributed by atoms with Gasteiger partial charge < -0.3 is 20.7 Å². The fourth-order valence-corrected chi connectivity index (χ4v) is 2.22. The highest BCUT2D eigenvalue weighted by Crippen LogP contribution is 2.21. The van der Waals surface area contributed by atoms with Crippen LogP contribution in [0.3, 0.4) is 0 Å². The van der Waals surface area contributed by atoms with Gasteiger partial charge in [0.25, 0.3) is 0 Å². The van der Waals surface area contributed by atoms with Crippen LogP contribution >= 0.6 is 24.0 Å². The normalized spacial score (nSPS) is 12.7. The van der Waals surface area contributed by atoms with Gasteiger partial charge >= 0.3 is 0 Å². The zero-order chi connectivity index (χ0) is 19.0. The summed E-state index contributed by atoms with van der Waals surface area (Å²) >= 11 is 0. The van der Waals surface area contributed by atoms with Crippen molar-refractivity contribution in [2.45, 2.75) is 33.7 Å². The molecule has 1 amide bonds. The molecule has 0 aliphatic carbocycles. The average molecular weight is 480 g/mol. The van der Waals surface area contributed by atoms with E-state index >= 15 is 0 Å². The summed E-state index contributed by atoms with van der Waals surface area (Å²) in [7, 11) is 3.08. The van der Waals surface area contributed by atoms with Crippen molar-refractivity contribution in [3.63, 3.8) is 0 Å². The maximum Gasteiger partial charge on any atom is 0.227 e. The zero-order valence-corrected chi connectivity index (χ0v) is 18.6. The minimum Gasteiger partial charge on any atom is -0.494 e. The number of amides is 1. The van der Waals surface area contributed by atoms with Gasteiger partial charge in [-0.3, -0.25) is 9.79 Å². The minimum atomic E-state index is -0.580. The SMILES string of the molecule is CCNC(=O)C(C)(C)CNC(=NC)NC(C)c1ccc(OC)c(F)c1.I. The largest absolute Gasteiger partial charge is 0.494 e. The Morgan fingerprint density at radius 2 is 2.00 bits per heavy atom. The number of hydrogen-bond acceptors (Lipinski definition) is 3. The van der Waals surface area contributed by atoms with Crippen LogP contribution in [0.25, 0.3) is 0 Å². The van der Waals surface area contributed by atoms with Crippen molar-refractivity contribution < 1.29 is 13.9 Å². The van der Waals surface area contributed by atoms with Gasteiger partial charge in [0, 0.05) is 20.1 Å². The minimum absolute atomic E-state index is 0. The number of carbonyl (C=O) groups is 1. The predicted molar refractivity (Wildman–Crippen MR) is 114 cm³/mol. The molecule has 148 valence electrons. The topological polar surface area (TPSA) is 74.8 Å². The lowest BCUT2D eigenvalue weighted by atomic mass is 9.92. The summed E-state index contributed by atoms with van der Waals surface area (Å²) in [6.07, 6.45) is 0. The fourth-order valence-electron chi connectivity index (χ4n) is 2.22. The van der Waals surface area contributed by atoms with Gasteiger partial charge in [-0.05, 0) is 45.4 Å². The molecule has 0 spiro atoms. The number of benzene rings is 1. The highest BCUT2D eigenvalue weighted by atomic mass is 127. The predicted octanol–water partition coefficient (Wildman–Crippen LogP) is 2.84.